The molecule has 2 unspecified atom stereocenters. The molecule has 3 rings (SSSR count). The van der Waals surface area contributed by atoms with E-state index in [1.54, 1.807) is 7.11 Å². The molecule has 0 spiro atoms. The van der Waals surface area contributed by atoms with Crippen LogP contribution in [-0.2, 0) is 24.3 Å². The van der Waals surface area contributed by atoms with Crippen LogP contribution in [0.5, 0.6) is 0 Å². The predicted octanol–water partition coefficient (Wildman–Crippen LogP) is 1.41. The van der Waals surface area contributed by atoms with Gasteiger partial charge < -0.3 is 15.4 Å². The number of aryl methyl sites for hydroxylation is 1. The number of fused-ring (bicyclic) bond motifs is 1. The molecule has 1 fully saturated rings. The van der Waals surface area contributed by atoms with Crippen LogP contribution in [0, 0.1) is 5.92 Å². The first kappa shape index (κ1) is 21.0. The summed E-state index contributed by atoms with van der Waals surface area (Å²) in [5, 5.41) is 11.7. The third-order valence-electron chi connectivity index (χ3n) is 5.59. The van der Waals surface area contributed by atoms with Crippen LogP contribution in [-0.4, -0.2) is 71.5 Å². The molecule has 158 valence electrons. The number of likely N-dealkylation sites (tertiary alicyclic amines) is 1. The van der Waals surface area contributed by atoms with Gasteiger partial charge in [0, 0.05) is 45.8 Å². The standard InChI is InChI=1S/C20H37N7O/c1-15(2)12-26-10-6-5-7-17(26)11-22-20(21-3)23-16-8-9-19-24-18(14-28-4)25-27(19)13-16/h15-17H,5-14H2,1-4H3,(H2,21,22,23). The summed E-state index contributed by atoms with van der Waals surface area (Å²) in [6, 6.07) is 0.911. The van der Waals surface area contributed by atoms with Crippen LogP contribution < -0.4 is 10.6 Å². The van der Waals surface area contributed by atoms with E-state index in [1.807, 2.05) is 11.7 Å². The normalized spacial score (nSPS) is 23.7. The summed E-state index contributed by atoms with van der Waals surface area (Å²) >= 11 is 0. The summed E-state index contributed by atoms with van der Waals surface area (Å²) in [6.07, 6.45) is 5.88. The van der Waals surface area contributed by atoms with Crippen LogP contribution in [0.1, 0.15) is 51.2 Å². The van der Waals surface area contributed by atoms with Gasteiger partial charge in [-0.3, -0.25) is 9.89 Å². The lowest BCUT2D eigenvalue weighted by molar-refractivity contribution is 0.133. The molecule has 8 nitrogen and oxygen atoms in total. The van der Waals surface area contributed by atoms with Crippen molar-refractivity contribution in [1.82, 2.24) is 30.3 Å². The number of aliphatic imine (C=N–C) groups is 1. The maximum Gasteiger partial charge on any atom is 0.191 e. The smallest absolute Gasteiger partial charge is 0.191 e. The summed E-state index contributed by atoms with van der Waals surface area (Å²) < 4.78 is 7.16. The minimum atomic E-state index is 0.314. The molecule has 8 heteroatoms. The fourth-order valence-electron chi connectivity index (χ4n) is 4.27. The van der Waals surface area contributed by atoms with Crippen molar-refractivity contribution in [2.24, 2.45) is 10.9 Å². The van der Waals surface area contributed by atoms with Gasteiger partial charge in [0.15, 0.2) is 11.8 Å². The fraction of sp³-hybridized carbons (Fsp3) is 0.850. The van der Waals surface area contributed by atoms with Gasteiger partial charge in [0.25, 0.3) is 0 Å². The first-order valence-electron chi connectivity index (χ1n) is 10.7. The maximum absolute atomic E-state index is 5.15. The van der Waals surface area contributed by atoms with Crippen LogP contribution in [0.2, 0.25) is 0 Å². The molecule has 1 saturated heterocycles. The molecular weight excluding hydrogens is 354 g/mol. The summed E-state index contributed by atoms with van der Waals surface area (Å²) in [5.41, 5.74) is 0. The number of methoxy groups -OCH3 is 1. The Morgan fingerprint density at radius 2 is 2.18 bits per heavy atom. The second kappa shape index (κ2) is 10.2. The highest BCUT2D eigenvalue weighted by Gasteiger charge is 2.25. The van der Waals surface area contributed by atoms with Crippen LogP contribution >= 0.6 is 0 Å². The van der Waals surface area contributed by atoms with E-state index in [0.717, 1.165) is 43.5 Å². The van der Waals surface area contributed by atoms with Gasteiger partial charge in [-0.2, -0.15) is 5.10 Å². The number of hydrogen-bond acceptors (Lipinski definition) is 5. The van der Waals surface area contributed by atoms with Gasteiger partial charge in [-0.25, -0.2) is 9.67 Å². The number of ether oxygens (including phenoxy) is 1. The van der Waals surface area contributed by atoms with E-state index >= 15 is 0 Å². The third-order valence-corrected chi connectivity index (χ3v) is 5.59. The molecule has 3 heterocycles. The minimum absolute atomic E-state index is 0.314. The number of aromatic nitrogens is 3. The van der Waals surface area contributed by atoms with Gasteiger partial charge in [0.1, 0.15) is 12.4 Å². The molecule has 0 bridgehead atoms. The largest absolute Gasteiger partial charge is 0.377 e. The number of piperidine rings is 1. The maximum atomic E-state index is 5.15. The van der Waals surface area contributed by atoms with Gasteiger partial charge in [-0.05, 0) is 31.7 Å². The van der Waals surface area contributed by atoms with Crippen molar-refractivity contribution in [3.05, 3.63) is 11.6 Å². The van der Waals surface area contributed by atoms with Gasteiger partial charge in [0.05, 0.1) is 6.54 Å². The Bertz CT molecular complexity index is 642. The summed E-state index contributed by atoms with van der Waals surface area (Å²) in [6.45, 7) is 9.24. The van der Waals surface area contributed by atoms with E-state index in [2.05, 4.69) is 44.5 Å². The lowest BCUT2D eigenvalue weighted by atomic mass is 10.0. The second-order valence-electron chi connectivity index (χ2n) is 8.43. The van der Waals surface area contributed by atoms with Gasteiger partial charge in [-0.15, -0.1) is 0 Å². The van der Waals surface area contributed by atoms with Crippen LogP contribution in [0.25, 0.3) is 0 Å². The molecule has 0 amide bonds. The Balaban J connectivity index is 1.50. The monoisotopic (exact) mass is 391 g/mol. The van der Waals surface area contributed by atoms with Crippen molar-refractivity contribution >= 4 is 5.96 Å². The lowest BCUT2D eigenvalue weighted by Gasteiger charge is -2.37. The zero-order valence-electron chi connectivity index (χ0n) is 17.9. The van der Waals surface area contributed by atoms with Crippen molar-refractivity contribution in [2.75, 3.05) is 33.8 Å². The Labute approximate surface area is 169 Å². The van der Waals surface area contributed by atoms with Crippen molar-refractivity contribution in [3.8, 4) is 0 Å². The average Bonchev–Trinajstić information content (AvgIpc) is 3.07. The molecular formula is C20H37N7O. The van der Waals surface area contributed by atoms with Crippen LogP contribution in [0.3, 0.4) is 0 Å². The van der Waals surface area contributed by atoms with Crippen molar-refractivity contribution in [1.29, 1.82) is 0 Å². The number of guanidine groups is 1. The third kappa shape index (κ3) is 5.67. The summed E-state index contributed by atoms with van der Waals surface area (Å²) in [4.78, 5) is 11.7. The van der Waals surface area contributed by atoms with E-state index < -0.39 is 0 Å². The first-order valence-corrected chi connectivity index (χ1v) is 10.7. The molecule has 0 aliphatic carbocycles. The molecule has 2 atom stereocenters. The SMILES string of the molecule is CN=C(NCC1CCCCN1CC(C)C)NC1CCc2nc(COC)nn2C1. The van der Waals surface area contributed by atoms with Gasteiger partial charge >= 0.3 is 0 Å². The molecule has 1 aromatic rings. The Hall–Kier alpha value is -1.67. The van der Waals surface area contributed by atoms with E-state index in [4.69, 9.17) is 4.74 Å². The fourth-order valence-corrected chi connectivity index (χ4v) is 4.27. The van der Waals surface area contributed by atoms with Crippen LogP contribution in [0.4, 0.5) is 0 Å². The molecule has 0 aromatic carbocycles. The molecule has 0 saturated carbocycles. The first-order chi connectivity index (χ1) is 13.6. The lowest BCUT2D eigenvalue weighted by Crippen LogP contribution is -2.52. The highest BCUT2D eigenvalue weighted by atomic mass is 16.5. The van der Waals surface area contributed by atoms with Gasteiger partial charge in [-0.1, -0.05) is 20.3 Å². The zero-order valence-corrected chi connectivity index (χ0v) is 17.9. The molecule has 2 aliphatic rings. The summed E-state index contributed by atoms with van der Waals surface area (Å²) in [5.74, 6) is 3.42. The molecule has 28 heavy (non-hydrogen) atoms. The van der Waals surface area contributed by atoms with E-state index in [-0.39, 0.29) is 0 Å². The minimum Gasteiger partial charge on any atom is -0.377 e. The zero-order chi connectivity index (χ0) is 19.9. The predicted molar refractivity (Wildman–Crippen MR) is 111 cm³/mol. The Morgan fingerprint density at radius 1 is 1.32 bits per heavy atom. The molecule has 2 aliphatic heterocycles. The second-order valence-corrected chi connectivity index (χ2v) is 8.43. The van der Waals surface area contributed by atoms with E-state index in [1.165, 1.54) is 32.4 Å². The summed E-state index contributed by atoms with van der Waals surface area (Å²) in [7, 11) is 3.52. The Morgan fingerprint density at radius 3 is 2.93 bits per heavy atom. The van der Waals surface area contributed by atoms with E-state index in [9.17, 15) is 0 Å². The molecule has 0 radical (unpaired) electrons. The number of nitrogens with zero attached hydrogens (tertiary/aromatic N) is 5. The highest BCUT2D eigenvalue weighted by molar-refractivity contribution is 5.80. The highest BCUT2D eigenvalue weighted by Crippen LogP contribution is 2.18. The van der Waals surface area contributed by atoms with Crippen molar-refractivity contribution in [3.63, 3.8) is 0 Å². The number of rotatable bonds is 7. The van der Waals surface area contributed by atoms with Crippen molar-refractivity contribution in [2.45, 2.75) is 71.2 Å². The number of nitrogens with one attached hydrogen (secondary N) is 2. The number of hydrogen-bond donors (Lipinski definition) is 2. The van der Waals surface area contributed by atoms with Crippen LogP contribution in [0.15, 0.2) is 4.99 Å². The quantitative estimate of drug-likeness (QED) is 0.541. The topological polar surface area (TPSA) is 79.6 Å². The average molecular weight is 392 g/mol. The Kier molecular flexibility index (Phi) is 7.67. The molecule has 1 aromatic heterocycles. The van der Waals surface area contributed by atoms with E-state index in [0.29, 0.717) is 24.6 Å². The van der Waals surface area contributed by atoms with Crippen molar-refractivity contribution < 1.29 is 4.74 Å². The van der Waals surface area contributed by atoms with Gasteiger partial charge in [0.2, 0.25) is 0 Å². The molecule has 2 N–H and O–H groups in total.